The van der Waals surface area contributed by atoms with Crippen molar-refractivity contribution in [3.63, 3.8) is 0 Å². The molecule has 0 aliphatic heterocycles. The van der Waals surface area contributed by atoms with Crippen molar-refractivity contribution < 1.29 is 14.6 Å². The van der Waals surface area contributed by atoms with Gasteiger partial charge in [-0.1, -0.05) is 12.1 Å². The first-order chi connectivity index (χ1) is 7.63. The zero-order chi connectivity index (χ0) is 12.0. The van der Waals surface area contributed by atoms with Gasteiger partial charge in [-0.05, 0) is 17.7 Å². The van der Waals surface area contributed by atoms with Gasteiger partial charge in [-0.2, -0.15) is 0 Å². The monoisotopic (exact) mass is 241 g/mol. The Kier molecular flexibility index (Phi) is 5.14. The summed E-state index contributed by atoms with van der Waals surface area (Å²) in [6, 6.07) is 7.03. The van der Waals surface area contributed by atoms with E-state index in [-0.39, 0.29) is 11.7 Å². The van der Waals surface area contributed by atoms with E-state index in [1.807, 2.05) is 0 Å². The largest absolute Gasteiger partial charge is 0.468 e. The zero-order valence-electron chi connectivity index (χ0n) is 9.05. The van der Waals surface area contributed by atoms with Crippen LogP contribution in [0.1, 0.15) is 11.7 Å². The summed E-state index contributed by atoms with van der Waals surface area (Å²) in [6.45, 7) is 0. The lowest BCUT2D eigenvalue weighted by molar-refractivity contribution is -0.137. The molecule has 16 heavy (non-hydrogen) atoms. The van der Waals surface area contributed by atoms with Crippen molar-refractivity contribution in [1.82, 2.24) is 0 Å². The molecule has 4 nitrogen and oxygen atoms in total. The van der Waals surface area contributed by atoms with Gasteiger partial charge in [0.05, 0.1) is 19.0 Å². The normalized spacial score (nSPS) is 12.1. The third-order valence-electron chi connectivity index (χ3n) is 2.04. The minimum atomic E-state index is -0.588. The molecule has 0 bridgehead atoms. The highest BCUT2D eigenvalue weighted by atomic mass is 32.2. The summed E-state index contributed by atoms with van der Waals surface area (Å²) < 4.78 is 4.50. The fourth-order valence-electron chi connectivity index (χ4n) is 1.13. The van der Waals surface area contributed by atoms with Gasteiger partial charge in [-0.3, -0.25) is 4.79 Å². The van der Waals surface area contributed by atoms with Crippen LogP contribution in [0.2, 0.25) is 0 Å². The maximum atomic E-state index is 10.8. The number of ether oxygens (including phenoxy) is 1. The first-order valence-electron chi connectivity index (χ1n) is 4.81. The van der Waals surface area contributed by atoms with Gasteiger partial charge in [0.1, 0.15) is 0 Å². The fraction of sp³-hybridized carbons (Fsp3) is 0.364. The number of carbonyl (C=O) groups excluding carboxylic acids is 1. The summed E-state index contributed by atoms with van der Waals surface area (Å²) in [5.41, 5.74) is 7.00. The topological polar surface area (TPSA) is 72.5 Å². The molecule has 3 N–H and O–H groups in total. The Balaban J connectivity index is 2.37. The van der Waals surface area contributed by atoms with Crippen molar-refractivity contribution in [2.75, 3.05) is 24.3 Å². The summed E-state index contributed by atoms with van der Waals surface area (Å²) in [7, 11) is 1.35. The lowest BCUT2D eigenvalue weighted by atomic mass is 10.1. The lowest BCUT2D eigenvalue weighted by Gasteiger charge is -2.10. The molecule has 1 rings (SSSR count). The summed E-state index contributed by atoms with van der Waals surface area (Å²) in [6.07, 6.45) is -0.588. The van der Waals surface area contributed by atoms with Crippen LogP contribution in [-0.4, -0.2) is 29.7 Å². The SMILES string of the molecule is COC(=O)CSCC(O)c1ccc(N)cc1. The van der Waals surface area contributed by atoms with Crippen molar-refractivity contribution in [1.29, 1.82) is 0 Å². The van der Waals surface area contributed by atoms with Crippen LogP contribution in [0.15, 0.2) is 24.3 Å². The fourth-order valence-corrected chi connectivity index (χ4v) is 1.95. The number of hydrogen-bond donors (Lipinski definition) is 2. The Hall–Kier alpha value is -1.20. The molecule has 1 atom stereocenters. The van der Waals surface area contributed by atoms with Gasteiger partial charge < -0.3 is 15.6 Å². The number of thioether (sulfide) groups is 1. The first-order valence-corrected chi connectivity index (χ1v) is 5.97. The molecule has 1 aromatic carbocycles. The number of hydrogen-bond acceptors (Lipinski definition) is 5. The van der Waals surface area contributed by atoms with Crippen molar-refractivity contribution in [2.45, 2.75) is 6.10 Å². The van der Waals surface area contributed by atoms with E-state index in [4.69, 9.17) is 5.73 Å². The molecule has 1 unspecified atom stereocenters. The number of rotatable bonds is 5. The summed E-state index contributed by atoms with van der Waals surface area (Å²) in [5, 5.41) is 9.78. The Bertz CT molecular complexity index is 340. The Morgan fingerprint density at radius 2 is 2.12 bits per heavy atom. The molecule has 5 heteroatoms. The van der Waals surface area contributed by atoms with Crippen LogP contribution in [0.4, 0.5) is 5.69 Å². The molecule has 88 valence electrons. The van der Waals surface area contributed by atoms with Gasteiger partial charge in [0.25, 0.3) is 0 Å². The van der Waals surface area contributed by atoms with Gasteiger partial charge in [-0.15, -0.1) is 11.8 Å². The predicted octanol–water partition coefficient (Wildman–Crippen LogP) is 1.21. The zero-order valence-corrected chi connectivity index (χ0v) is 9.87. The van der Waals surface area contributed by atoms with Crippen LogP contribution in [0.25, 0.3) is 0 Å². The first kappa shape index (κ1) is 12.9. The Morgan fingerprint density at radius 3 is 2.69 bits per heavy atom. The van der Waals surface area contributed by atoms with E-state index < -0.39 is 6.10 Å². The molecule has 0 heterocycles. The Labute approximate surface area is 98.8 Å². The molecule has 0 aliphatic carbocycles. The molecule has 0 aromatic heterocycles. The van der Waals surface area contributed by atoms with Crippen molar-refractivity contribution in [3.05, 3.63) is 29.8 Å². The highest BCUT2D eigenvalue weighted by Crippen LogP contribution is 2.19. The molecule has 0 fully saturated rings. The van der Waals surface area contributed by atoms with E-state index in [0.29, 0.717) is 11.4 Å². The van der Waals surface area contributed by atoms with E-state index in [1.54, 1.807) is 24.3 Å². The van der Waals surface area contributed by atoms with E-state index >= 15 is 0 Å². The minimum Gasteiger partial charge on any atom is -0.468 e. The van der Waals surface area contributed by atoms with Gasteiger partial charge in [0.15, 0.2) is 0 Å². The molecular weight excluding hydrogens is 226 g/mol. The van der Waals surface area contributed by atoms with Crippen LogP contribution in [0.5, 0.6) is 0 Å². The number of esters is 1. The van der Waals surface area contributed by atoms with E-state index in [2.05, 4.69) is 4.74 Å². The highest BCUT2D eigenvalue weighted by Gasteiger charge is 2.08. The lowest BCUT2D eigenvalue weighted by Crippen LogP contribution is -2.07. The van der Waals surface area contributed by atoms with E-state index in [9.17, 15) is 9.90 Å². The summed E-state index contributed by atoms with van der Waals surface area (Å²) >= 11 is 1.34. The van der Waals surface area contributed by atoms with Gasteiger partial charge in [-0.25, -0.2) is 0 Å². The third-order valence-corrected chi connectivity index (χ3v) is 3.04. The van der Waals surface area contributed by atoms with Crippen LogP contribution in [0.3, 0.4) is 0 Å². The number of nitrogens with two attached hydrogens (primary N) is 1. The number of nitrogen functional groups attached to an aromatic ring is 1. The average molecular weight is 241 g/mol. The van der Waals surface area contributed by atoms with E-state index in [0.717, 1.165) is 5.56 Å². The van der Waals surface area contributed by atoms with Gasteiger partial charge in [0.2, 0.25) is 0 Å². The predicted molar refractivity (Wildman–Crippen MR) is 65.2 cm³/mol. The van der Waals surface area contributed by atoms with Crippen LogP contribution in [0, 0.1) is 0 Å². The Morgan fingerprint density at radius 1 is 1.50 bits per heavy atom. The number of methoxy groups -OCH3 is 1. The average Bonchev–Trinajstić information content (AvgIpc) is 2.29. The quantitative estimate of drug-likeness (QED) is 0.599. The maximum absolute atomic E-state index is 10.8. The second-order valence-electron chi connectivity index (χ2n) is 3.27. The maximum Gasteiger partial charge on any atom is 0.315 e. The molecule has 0 spiro atoms. The number of anilines is 1. The van der Waals surface area contributed by atoms with Crippen LogP contribution in [-0.2, 0) is 9.53 Å². The van der Waals surface area contributed by atoms with E-state index in [1.165, 1.54) is 18.9 Å². The van der Waals surface area contributed by atoms with Crippen LogP contribution < -0.4 is 5.73 Å². The van der Waals surface area contributed by atoms with Crippen molar-refractivity contribution in [3.8, 4) is 0 Å². The van der Waals surface area contributed by atoms with Crippen LogP contribution >= 0.6 is 11.8 Å². The molecule has 0 saturated heterocycles. The van der Waals surface area contributed by atoms with Gasteiger partial charge >= 0.3 is 5.97 Å². The van der Waals surface area contributed by atoms with Crippen molar-refractivity contribution >= 4 is 23.4 Å². The van der Waals surface area contributed by atoms with Crippen molar-refractivity contribution in [2.24, 2.45) is 0 Å². The third kappa shape index (κ3) is 4.12. The minimum absolute atomic E-state index is 0.253. The molecule has 0 amide bonds. The molecule has 1 aromatic rings. The number of aliphatic hydroxyl groups excluding tert-OH is 1. The molecule has 0 aliphatic rings. The molecular formula is C11H15NO3S. The smallest absolute Gasteiger partial charge is 0.315 e. The number of benzene rings is 1. The number of carbonyl (C=O) groups is 1. The number of aliphatic hydroxyl groups is 1. The molecule has 0 radical (unpaired) electrons. The highest BCUT2D eigenvalue weighted by molar-refractivity contribution is 7.99. The summed E-state index contributed by atoms with van der Waals surface area (Å²) in [4.78, 5) is 10.8. The standard InChI is InChI=1S/C11H15NO3S/c1-15-11(14)7-16-6-10(13)8-2-4-9(12)5-3-8/h2-5,10,13H,6-7,12H2,1H3. The van der Waals surface area contributed by atoms with Gasteiger partial charge in [0, 0.05) is 11.4 Å². The molecule has 0 saturated carbocycles. The second-order valence-corrected chi connectivity index (χ2v) is 4.30. The second kappa shape index (κ2) is 6.40. The summed E-state index contributed by atoms with van der Waals surface area (Å²) in [5.74, 6) is 0.427.